The molecule has 0 atom stereocenters. The molecule has 86 valence electrons. The number of halogens is 1. The van der Waals surface area contributed by atoms with Crippen molar-refractivity contribution < 1.29 is 0 Å². The summed E-state index contributed by atoms with van der Waals surface area (Å²) in [6, 6.07) is 0. The molecular formula is C12H21ClN2. The lowest BCUT2D eigenvalue weighted by molar-refractivity contribution is 0.546. The minimum atomic E-state index is 0.596. The number of alkyl halides is 1. The maximum atomic E-state index is 5.99. The van der Waals surface area contributed by atoms with Crippen LogP contribution in [0.1, 0.15) is 50.6 Å². The first-order valence-electron chi connectivity index (χ1n) is 5.91. The molecular weight excluding hydrogens is 208 g/mol. The second kappa shape index (κ2) is 6.16. The van der Waals surface area contributed by atoms with Crippen molar-refractivity contribution in [2.24, 2.45) is 0 Å². The average Bonchev–Trinajstić information content (AvgIpc) is 2.62. The molecule has 0 radical (unpaired) electrons. The van der Waals surface area contributed by atoms with E-state index < -0.39 is 0 Å². The Morgan fingerprint density at radius 1 is 1.20 bits per heavy atom. The Hall–Kier alpha value is -0.500. The van der Waals surface area contributed by atoms with Gasteiger partial charge in [0, 0.05) is 17.8 Å². The smallest absolute Gasteiger partial charge is 0.0668 e. The fourth-order valence-electron chi connectivity index (χ4n) is 1.92. The molecule has 0 spiro atoms. The standard InChI is InChI=1S/C12H21ClN2/c1-4-7-8-15-12(6-3)10(9-13)11(5-2)14-15/h4-9H2,1-3H3. The van der Waals surface area contributed by atoms with Gasteiger partial charge >= 0.3 is 0 Å². The van der Waals surface area contributed by atoms with Crippen molar-refractivity contribution in [1.82, 2.24) is 9.78 Å². The SMILES string of the molecule is CCCCn1nc(CC)c(CCl)c1CC. The van der Waals surface area contributed by atoms with Gasteiger partial charge in [0.25, 0.3) is 0 Å². The predicted molar refractivity (Wildman–Crippen MR) is 65.4 cm³/mol. The highest BCUT2D eigenvalue weighted by Crippen LogP contribution is 2.18. The van der Waals surface area contributed by atoms with Gasteiger partial charge in [0.2, 0.25) is 0 Å². The highest BCUT2D eigenvalue weighted by Gasteiger charge is 2.13. The summed E-state index contributed by atoms with van der Waals surface area (Å²) in [5.41, 5.74) is 3.77. The van der Waals surface area contributed by atoms with Gasteiger partial charge < -0.3 is 0 Å². The van der Waals surface area contributed by atoms with E-state index in [1.54, 1.807) is 0 Å². The Morgan fingerprint density at radius 2 is 1.93 bits per heavy atom. The molecule has 3 heteroatoms. The molecule has 0 aromatic carbocycles. The Morgan fingerprint density at radius 3 is 2.40 bits per heavy atom. The molecule has 2 nitrogen and oxygen atoms in total. The third kappa shape index (κ3) is 2.75. The van der Waals surface area contributed by atoms with E-state index >= 15 is 0 Å². The number of hydrogen-bond acceptors (Lipinski definition) is 1. The van der Waals surface area contributed by atoms with Crippen molar-refractivity contribution in [2.75, 3.05) is 0 Å². The topological polar surface area (TPSA) is 17.8 Å². The summed E-state index contributed by atoms with van der Waals surface area (Å²) >= 11 is 5.99. The summed E-state index contributed by atoms with van der Waals surface area (Å²) in [4.78, 5) is 0. The number of nitrogens with zero attached hydrogens (tertiary/aromatic N) is 2. The van der Waals surface area contributed by atoms with Crippen LogP contribution in [-0.4, -0.2) is 9.78 Å². The molecule has 0 aliphatic carbocycles. The van der Waals surface area contributed by atoms with Gasteiger partial charge in [0.1, 0.15) is 0 Å². The van der Waals surface area contributed by atoms with Crippen LogP contribution in [0.4, 0.5) is 0 Å². The van der Waals surface area contributed by atoms with Crippen LogP contribution in [0.2, 0.25) is 0 Å². The van der Waals surface area contributed by atoms with Crippen LogP contribution in [0.25, 0.3) is 0 Å². The molecule has 15 heavy (non-hydrogen) atoms. The number of rotatable bonds is 6. The first kappa shape index (κ1) is 12.6. The lowest BCUT2D eigenvalue weighted by Gasteiger charge is -2.05. The molecule has 0 amide bonds. The Kier molecular flexibility index (Phi) is 5.16. The normalized spacial score (nSPS) is 10.9. The van der Waals surface area contributed by atoms with E-state index in [-0.39, 0.29) is 0 Å². The van der Waals surface area contributed by atoms with E-state index in [1.807, 2.05) is 0 Å². The average molecular weight is 229 g/mol. The largest absolute Gasteiger partial charge is 0.269 e. The molecule has 0 saturated carbocycles. The highest BCUT2D eigenvalue weighted by molar-refractivity contribution is 6.17. The Bertz CT molecular complexity index is 305. The summed E-state index contributed by atoms with van der Waals surface area (Å²) in [7, 11) is 0. The molecule has 0 saturated heterocycles. The molecule has 0 N–H and O–H groups in total. The van der Waals surface area contributed by atoms with Gasteiger partial charge in [-0.25, -0.2) is 0 Å². The van der Waals surface area contributed by atoms with E-state index in [4.69, 9.17) is 11.6 Å². The van der Waals surface area contributed by atoms with E-state index in [0.717, 1.165) is 19.4 Å². The third-order valence-electron chi connectivity index (χ3n) is 2.78. The molecule has 1 heterocycles. The molecule has 1 rings (SSSR count). The zero-order valence-corrected chi connectivity index (χ0v) is 10.8. The molecule has 0 fully saturated rings. The lowest BCUT2D eigenvalue weighted by atomic mass is 10.1. The van der Waals surface area contributed by atoms with Crippen molar-refractivity contribution in [3.05, 3.63) is 17.0 Å². The van der Waals surface area contributed by atoms with Crippen LogP contribution in [0.5, 0.6) is 0 Å². The van der Waals surface area contributed by atoms with Gasteiger partial charge in [-0.2, -0.15) is 5.10 Å². The molecule has 0 aliphatic rings. The molecule has 0 unspecified atom stereocenters. The van der Waals surface area contributed by atoms with Gasteiger partial charge in [0.05, 0.1) is 11.6 Å². The second-order valence-corrected chi connectivity index (χ2v) is 4.06. The zero-order valence-electron chi connectivity index (χ0n) is 10.0. The summed E-state index contributed by atoms with van der Waals surface area (Å²) in [6.07, 6.45) is 4.41. The zero-order chi connectivity index (χ0) is 11.3. The summed E-state index contributed by atoms with van der Waals surface area (Å²) in [5.74, 6) is 0.596. The molecule has 0 bridgehead atoms. The monoisotopic (exact) mass is 228 g/mol. The Balaban J connectivity index is 2.98. The van der Waals surface area contributed by atoms with E-state index in [2.05, 4.69) is 30.6 Å². The van der Waals surface area contributed by atoms with Gasteiger partial charge in [-0.05, 0) is 19.3 Å². The van der Waals surface area contributed by atoms with Gasteiger partial charge in [-0.15, -0.1) is 11.6 Å². The van der Waals surface area contributed by atoms with Gasteiger partial charge in [-0.3, -0.25) is 4.68 Å². The maximum Gasteiger partial charge on any atom is 0.0668 e. The van der Waals surface area contributed by atoms with Crippen LogP contribution >= 0.6 is 11.6 Å². The quantitative estimate of drug-likeness (QED) is 0.681. The van der Waals surface area contributed by atoms with Crippen LogP contribution < -0.4 is 0 Å². The minimum Gasteiger partial charge on any atom is -0.269 e. The maximum absolute atomic E-state index is 5.99. The first-order chi connectivity index (χ1) is 7.28. The third-order valence-corrected chi connectivity index (χ3v) is 3.04. The Labute approximate surface area is 97.6 Å². The fraction of sp³-hybridized carbons (Fsp3) is 0.750. The summed E-state index contributed by atoms with van der Waals surface area (Å²) < 4.78 is 2.15. The van der Waals surface area contributed by atoms with E-state index in [9.17, 15) is 0 Å². The minimum absolute atomic E-state index is 0.596. The van der Waals surface area contributed by atoms with Crippen LogP contribution in [0.3, 0.4) is 0 Å². The van der Waals surface area contributed by atoms with Crippen molar-refractivity contribution in [3.8, 4) is 0 Å². The molecule has 1 aromatic rings. The molecule has 1 aromatic heterocycles. The summed E-state index contributed by atoms with van der Waals surface area (Å²) in [5, 5.41) is 4.64. The number of aromatic nitrogens is 2. The van der Waals surface area contributed by atoms with Gasteiger partial charge in [-0.1, -0.05) is 27.2 Å². The highest BCUT2D eigenvalue weighted by atomic mass is 35.5. The number of unbranched alkanes of at least 4 members (excludes halogenated alkanes) is 1. The predicted octanol–water partition coefficient (Wildman–Crippen LogP) is 3.55. The van der Waals surface area contributed by atoms with Gasteiger partial charge in [0.15, 0.2) is 0 Å². The van der Waals surface area contributed by atoms with Crippen molar-refractivity contribution in [2.45, 2.75) is 58.9 Å². The first-order valence-corrected chi connectivity index (χ1v) is 6.45. The van der Waals surface area contributed by atoms with Crippen molar-refractivity contribution >= 4 is 11.6 Å². The van der Waals surface area contributed by atoms with Crippen molar-refractivity contribution in [3.63, 3.8) is 0 Å². The van der Waals surface area contributed by atoms with Crippen LogP contribution in [0, 0.1) is 0 Å². The van der Waals surface area contributed by atoms with Crippen LogP contribution in [0.15, 0.2) is 0 Å². The molecule has 0 aliphatic heterocycles. The lowest BCUT2D eigenvalue weighted by Crippen LogP contribution is -2.05. The van der Waals surface area contributed by atoms with E-state index in [0.29, 0.717) is 5.88 Å². The number of hydrogen-bond donors (Lipinski definition) is 0. The fourth-order valence-corrected chi connectivity index (χ4v) is 2.22. The summed E-state index contributed by atoms with van der Waals surface area (Å²) in [6.45, 7) is 7.55. The second-order valence-electron chi connectivity index (χ2n) is 3.79. The van der Waals surface area contributed by atoms with Crippen molar-refractivity contribution in [1.29, 1.82) is 0 Å². The van der Waals surface area contributed by atoms with E-state index in [1.165, 1.54) is 29.8 Å². The van der Waals surface area contributed by atoms with Crippen LogP contribution in [-0.2, 0) is 25.3 Å². The number of aryl methyl sites for hydroxylation is 2.